The lowest BCUT2D eigenvalue weighted by Crippen LogP contribution is -2.39. The highest BCUT2D eigenvalue weighted by atomic mass is 19.4. The summed E-state index contributed by atoms with van der Waals surface area (Å²) in [7, 11) is 1.50. The molecule has 1 fully saturated rings. The topological polar surface area (TPSA) is 48.0 Å². The number of rotatable bonds is 8. The van der Waals surface area contributed by atoms with E-state index >= 15 is 0 Å². The summed E-state index contributed by atoms with van der Waals surface area (Å²) in [4.78, 5) is 14.4. The van der Waals surface area contributed by atoms with Gasteiger partial charge in [-0.05, 0) is 64.7 Å². The van der Waals surface area contributed by atoms with Crippen molar-refractivity contribution in [3.8, 4) is 11.5 Å². The molecule has 0 heterocycles. The normalized spacial score (nSPS) is 15.6. The zero-order valence-electron chi connectivity index (χ0n) is 17.6. The SMILES string of the molecule is COc1cc(OCCCC(F)(F)F)cc(C(C)N(C(=O)OC(C)(C)C)C2CC2)c1. The Labute approximate surface area is 170 Å². The Morgan fingerprint density at radius 2 is 1.79 bits per heavy atom. The molecule has 164 valence electrons. The largest absolute Gasteiger partial charge is 0.497 e. The first-order chi connectivity index (χ1) is 13.4. The second kappa shape index (κ2) is 9.13. The van der Waals surface area contributed by atoms with Crippen molar-refractivity contribution < 1.29 is 32.2 Å². The molecule has 8 heteroatoms. The van der Waals surface area contributed by atoms with E-state index < -0.39 is 18.2 Å². The number of carbonyl (C=O) groups excluding carboxylic acids is 1. The number of benzene rings is 1. The van der Waals surface area contributed by atoms with Crippen LogP contribution in [0, 0.1) is 0 Å². The molecule has 1 aliphatic rings. The molecular weight excluding hydrogens is 387 g/mol. The van der Waals surface area contributed by atoms with Crippen LogP contribution in [-0.4, -0.2) is 42.5 Å². The number of halogens is 3. The number of carbonyl (C=O) groups is 1. The van der Waals surface area contributed by atoms with Gasteiger partial charge in [0.2, 0.25) is 0 Å². The van der Waals surface area contributed by atoms with Crippen LogP contribution >= 0.6 is 0 Å². The van der Waals surface area contributed by atoms with E-state index in [0.29, 0.717) is 11.5 Å². The molecule has 1 aliphatic carbocycles. The lowest BCUT2D eigenvalue weighted by Gasteiger charge is -2.32. The molecule has 0 aromatic heterocycles. The maximum absolute atomic E-state index is 12.7. The standard InChI is InChI=1S/C21H30F3NO4/c1-14(25(16-7-8-16)19(26)29-20(2,3)4)15-11-17(27-5)13-18(12-15)28-10-6-9-21(22,23)24/h11-14,16H,6-10H2,1-5H3. The number of alkyl halides is 3. The highest BCUT2D eigenvalue weighted by Crippen LogP contribution is 2.37. The van der Waals surface area contributed by atoms with Gasteiger partial charge < -0.3 is 14.2 Å². The Balaban J connectivity index is 2.15. The average Bonchev–Trinajstić information content (AvgIpc) is 3.41. The van der Waals surface area contributed by atoms with Crippen molar-refractivity contribution in [3.63, 3.8) is 0 Å². The minimum absolute atomic E-state index is 0.0566. The smallest absolute Gasteiger partial charge is 0.411 e. The van der Waals surface area contributed by atoms with Crippen LogP contribution < -0.4 is 9.47 Å². The van der Waals surface area contributed by atoms with Crippen LogP contribution in [0.2, 0.25) is 0 Å². The lowest BCUT2D eigenvalue weighted by molar-refractivity contribution is -0.136. The second-order valence-corrected chi connectivity index (χ2v) is 8.30. The van der Waals surface area contributed by atoms with Crippen molar-refractivity contribution in [2.75, 3.05) is 13.7 Å². The predicted octanol–water partition coefficient (Wildman–Crippen LogP) is 5.88. The van der Waals surface area contributed by atoms with Gasteiger partial charge in [-0.25, -0.2) is 4.79 Å². The molecule has 0 spiro atoms. The molecule has 1 unspecified atom stereocenters. The molecule has 0 N–H and O–H groups in total. The summed E-state index contributed by atoms with van der Waals surface area (Å²) < 4.78 is 53.3. The zero-order valence-corrected chi connectivity index (χ0v) is 17.6. The summed E-state index contributed by atoms with van der Waals surface area (Å²) in [6, 6.07) is 4.97. The van der Waals surface area contributed by atoms with Crippen molar-refractivity contribution in [2.24, 2.45) is 0 Å². The van der Waals surface area contributed by atoms with E-state index in [-0.39, 0.29) is 31.2 Å². The highest BCUT2D eigenvalue weighted by molar-refractivity contribution is 5.70. The summed E-state index contributed by atoms with van der Waals surface area (Å²) >= 11 is 0. The molecular formula is C21H30F3NO4. The maximum atomic E-state index is 12.7. The number of hydrogen-bond donors (Lipinski definition) is 0. The van der Waals surface area contributed by atoms with Gasteiger partial charge in [0.15, 0.2) is 0 Å². The number of hydrogen-bond acceptors (Lipinski definition) is 4. The Kier molecular flexibility index (Phi) is 7.30. The van der Waals surface area contributed by atoms with Gasteiger partial charge in [0, 0.05) is 18.5 Å². The molecule has 1 aromatic rings. The number of amides is 1. The zero-order chi connectivity index (χ0) is 21.8. The van der Waals surface area contributed by atoms with Crippen LogP contribution in [0.25, 0.3) is 0 Å². The third kappa shape index (κ3) is 7.66. The minimum atomic E-state index is -4.20. The third-order valence-electron chi connectivity index (χ3n) is 4.46. The summed E-state index contributed by atoms with van der Waals surface area (Å²) in [5.41, 5.74) is 0.165. The minimum Gasteiger partial charge on any atom is -0.497 e. The summed E-state index contributed by atoms with van der Waals surface area (Å²) in [6.07, 6.45) is -3.78. The van der Waals surface area contributed by atoms with Crippen molar-refractivity contribution in [1.82, 2.24) is 4.90 Å². The van der Waals surface area contributed by atoms with Crippen LogP contribution in [0.1, 0.15) is 65.0 Å². The maximum Gasteiger partial charge on any atom is 0.411 e. The molecule has 0 bridgehead atoms. The summed E-state index contributed by atoms with van der Waals surface area (Å²) in [6.45, 7) is 7.29. The molecule has 2 rings (SSSR count). The van der Waals surface area contributed by atoms with Crippen LogP contribution in [0.4, 0.5) is 18.0 Å². The monoisotopic (exact) mass is 417 g/mol. The molecule has 1 saturated carbocycles. The molecule has 1 amide bonds. The van der Waals surface area contributed by atoms with Gasteiger partial charge in [-0.2, -0.15) is 13.2 Å². The molecule has 5 nitrogen and oxygen atoms in total. The molecule has 0 aliphatic heterocycles. The number of nitrogens with zero attached hydrogens (tertiary/aromatic N) is 1. The van der Waals surface area contributed by atoms with E-state index in [9.17, 15) is 18.0 Å². The van der Waals surface area contributed by atoms with Crippen molar-refractivity contribution >= 4 is 6.09 Å². The van der Waals surface area contributed by atoms with Gasteiger partial charge in [-0.3, -0.25) is 4.90 Å². The Bertz CT molecular complexity index is 696. The van der Waals surface area contributed by atoms with E-state index in [2.05, 4.69) is 0 Å². The first kappa shape index (κ1) is 23.2. The first-order valence-corrected chi connectivity index (χ1v) is 9.79. The third-order valence-corrected chi connectivity index (χ3v) is 4.46. The quantitative estimate of drug-likeness (QED) is 0.496. The van der Waals surface area contributed by atoms with Crippen LogP contribution in [0.15, 0.2) is 18.2 Å². The molecule has 0 radical (unpaired) electrons. The number of ether oxygens (including phenoxy) is 3. The van der Waals surface area contributed by atoms with E-state index in [1.807, 2.05) is 27.7 Å². The van der Waals surface area contributed by atoms with Gasteiger partial charge in [0.1, 0.15) is 17.1 Å². The van der Waals surface area contributed by atoms with Crippen molar-refractivity contribution in [2.45, 2.75) is 77.2 Å². The highest BCUT2D eigenvalue weighted by Gasteiger charge is 2.39. The fourth-order valence-electron chi connectivity index (χ4n) is 2.95. The Morgan fingerprint density at radius 1 is 1.17 bits per heavy atom. The fraction of sp³-hybridized carbons (Fsp3) is 0.667. The Morgan fingerprint density at radius 3 is 2.31 bits per heavy atom. The van der Waals surface area contributed by atoms with E-state index in [0.717, 1.165) is 18.4 Å². The number of methoxy groups -OCH3 is 1. The average molecular weight is 417 g/mol. The summed E-state index contributed by atoms with van der Waals surface area (Å²) in [5.74, 6) is 0.924. The van der Waals surface area contributed by atoms with Gasteiger partial charge in [-0.1, -0.05) is 0 Å². The van der Waals surface area contributed by atoms with Crippen molar-refractivity contribution in [1.29, 1.82) is 0 Å². The van der Waals surface area contributed by atoms with Gasteiger partial charge in [-0.15, -0.1) is 0 Å². The fourth-order valence-corrected chi connectivity index (χ4v) is 2.95. The molecule has 1 atom stereocenters. The van der Waals surface area contributed by atoms with E-state index in [4.69, 9.17) is 14.2 Å². The van der Waals surface area contributed by atoms with Gasteiger partial charge in [0.25, 0.3) is 0 Å². The molecule has 0 saturated heterocycles. The molecule has 29 heavy (non-hydrogen) atoms. The molecule has 1 aromatic carbocycles. The van der Waals surface area contributed by atoms with Crippen molar-refractivity contribution in [3.05, 3.63) is 23.8 Å². The van der Waals surface area contributed by atoms with Crippen LogP contribution in [0.5, 0.6) is 11.5 Å². The van der Waals surface area contributed by atoms with Crippen LogP contribution in [-0.2, 0) is 4.74 Å². The van der Waals surface area contributed by atoms with Gasteiger partial charge >= 0.3 is 12.3 Å². The lowest BCUT2D eigenvalue weighted by atomic mass is 10.1. The van der Waals surface area contributed by atoms with Crippen LogP contribution in [0.3, 0.4) is 0 Å². The predicted molar refractivity (Wildman–Crippen MR) is 103 cm³/mol. The Hall–Kier alpha value is -2.12. The summed E-state index contributed by atoms with van der Waals surface area (Å²) in [5, 5.41) is 0. The van der Waals surface area contributed by atoms with E-state index in [1.54, 1.807) is 23.1 Å². The van der Waals surface area contributed by atoms with Gasteiger partial charge in [0.05, 0.1) is 19.8 Å². The first-order valence-electron chi connectivity index (χ1n) is 9.79. The van der Waals surface area contributed by atoms with E-state index in [1.165, 1.54) is 7.11 Å². The second-order valence-electron chi connectivity index (χ2n) is 8.30.